The van der Waals surface area contributed by atoms with Crippen LogP contribution in [0.3, 0.4) is 0 Å². The molecule has 3 rings (SSSR count). The fourth-order valence-corrected chi connectivity index (χ4v) is 3.28. The molecule has 0 aliphatic carbocycles. The van der Waals surface area contributed by atoms with Crippen LogP contribution in [-0.4, -0.2) is 22.2 Å². The number of amides is 2. The van der Waals surface area contributed by atoms with E-state index in [1.165, 1.54) is 6.07 Å². The van der Waals surface area contributed by atoms with Crippen molar-refractivity contribution in [2.75, 3.05) is 5.32 Å². The minimum absolute atomic E-state index is 0.0622. The first kappa shape index (κ1) is 18.1. The maximum absolute atomic E-state index is 13.6. The molecule has 8 heteroatoms. The number of halogens is 2. The second-order valence-electron chi connectivity index (χ2n) is 5.70. The van der Waals surface area contributed by atoms with Crippen molar-refractivity contribution in [3.8, 4) is 0 Å². The molecular weight excluding hydrogens is 360 g/mol. The molecule has 1 aliphatic heterocycles. The molecule has 0 spiro atoms. The smallest absolute Gasteiger partial charge is 0.240 e. The van der Waals surface area contributed by atoms with Crippen molar-refractivity contribution in [3.05, 3.63) is 59.7 Å². The number of rotatable bonds is 4. The van der Waals surface area contributed by atoms with E-state index in [0.29, 0.717) is 5.69 Å². The van der Waals surface area contributed by atoms with Gasteiger partial charge in [0.1, 0.15) is 10.9 Å². The maximum Gasteiger partial charge on any atom is 0.240 e. The van der Waals surface area contributed by atoms with Gasteiger partial charge in [-0.25, -0.2) is 13.8 Å². The van der Waals surface area contributed by atoms with Crippen molar-refractivity contribution in [1.82, 2.24) is 5.32 Å². The Morgan fingerprint density at radius 3 is 2.50 bits per heavy atom. The van der Waals surface area contributed by atoms with Gasteiger partial charge in [-0.2, -0.15) is 0 Å². The molecule has 2 aromatic carbocycles. The SMILES string of the molecule is Cc1ccc(NC(=O)CC2SC(=Nc3c(F)cccc3F)NC2=O)cc1. The molecule has 0 radical (unpaired) electrons. The molecule has 134 valence electrons. The molecule has 2 N–H and O–H groups in total. The van der Waals surface area contributed by atoms with Crippen molar-refractivity contribution < 1.29 is 18.4 Å². The van der Waals surface area contributed by atoms with Crippen LogP contribution in [0.5, 0.6) is 0 Å². The Morgan fingerprint density at radius 1 is 1.19 bits per heavy atom. The molecule has 1 heterocycles. The average molecular weight is 375 g/mol. The van der Waals surface area contributed by atoms with Gasteiger partial charge in [0, 0.05) is 12.1 Å². The molecule has 2 amide bonds. The molecular formula is C18H15F2N3O2S. The number of nitrogens with one attached hydrogen (secondary N) is 2. The van der Waals surface area contributed by atoms with Crippen LogP contribution < -0.4 is 10.6 Å². The summed E-state index contributed by atoms with van der Waals surface area (Å²) in [6.07, 6.45) is -0.0802. The molecule has 1 saturated heterocycles. The normalized spacial score (nSPS) is 18.0. The van der Waals surface area contributed by atoms with Gasteiger partial charge in [0.25, 0.3) is 0 Å². The van der Waals surface area contributed by atoms with Crippen LogP contribution in [0.4, 0.5) is 20.2 Å². The molecule has 0 bridgehead atoms. The highest BCUT2D eigenvalue weighted by Crippen LogP contribution is 2.28. The highest BCUT2D eigenvalue weighted by Gasteiger charge is 2.32. The van der Waals surface area contributed by atoms with Crippen molar-refractivity contribution in [3.63, 3.8) is 0 Å². The van der Waals surface area contributed by atoms with E-state index in [2.05, 4.69) is 15.6 Å². The van der Waals surface area contributed by atoms with Crippen molar-refractivity contribution in [2.45, 2.75) is 18.6 Å². The third-order valence-corrected chi connectivity index (χ3v) is 4.72. The number of thioether (sulfide) groups is 1. The predicted molar refractivity (Wildman–Crippen MR) is 97.4 cm³/mol. The lowest BCUT2D eigenvalue weighted by Gasteiger charge is -2.07. The van der Waals surface area contributed by atoms with Crippen molar-refractivity contribution in [1.29, 1.82) is 0 Å². The zero-order valence-electron chi connectivity index (χ0n) is 13.8. The van der Waals surface area contributed by atoms with Crippen LogP contribution in [0.15, 0.2) is 47.5 Å². The first-order chi connectivity index (χ1) is 12.4. The number of para-hydroxylation sites is 1. The predicted octanol–water partition coefficient (Wildman–Crippen LogP) is 3.52. The topological polar surface area (TPSA) is 70.6 Å². The van der Waals surface area contributed by atoms with E-state index in [0.717, 1.165) is 29.5 Å². The minimum atomic E-state index is -0.826. The number of nitrogens with zero attached hydrogens (tertiary/aromatic N) is 1. The summed E-state index contributed by atoms with van der Waals surface area (Å²) in [6, 6.07) is 10.6. The zero-order valence-corrected chi connectivity index (χ0v) is 14.6. The van der Waals surface area contributed by atoms with E-state index in [4.69, 9.17) is 0 Å². The summed E-state index contributed by atoms with van der Waals surface area (Å²) >= 11 is 0.968. The van der Waals surface area contributed by atoms with Crippen LogP contribution in [0, 0.1) is 18.6 Å². The van der Waals surface area contributed by atoms with Gasteiger partial charge in [-0.1, -0.05) is 35.5 Å². The lowest BCUT2D eigenvalue weighted by atomic mass is 10.2. The fraction of sp³-hybridized carbons (Fsp3) is 0.167. The fourth-order valence-electron chi connectivity index (χ4n) is 2.31. The number of hydrogen-bond donors (Lipinski definition) is 2. The Morgan fingerprint density at radius 2 is 1.85 bits per heavy atom. The minimum Gasteiger partial charge on any atom is -0.326 e. The molecule has 0 saturated carbocycles. The highest BCUT2D eigenvalue weighted by molar-refractivity contribution is 8.15. The first-order valence-corrected chi connectivity index (χ1v) is 8.67. The quantitative estimate of drug-likeness (QED) is 0.859. The summed E-state index contributed by atoms with van der Waals surface area (Å²) in [4.78, 5) is 27.9. The van der Waals surface area contributed by atoms with Gasteiger partial charge in [0.15, 0.2) is 16.8 Å². The molecule has 1 atom stereocenters. The Bertz CT molecular complexity index is 864. The number of aryl methyl sites for hydroxylation is 1. The summed E-state index contributed by atoms with van der Waals surface area (Å²) < 4.78 is 27.3. The van der Waals surface area contributed by atoms with Gasteiger partial charge >= 0.3 is 0 Å². The zero-order chi connectivity index (χ0) is 18.7. The van der Waals surface area contributed by atoms with E-state index < -0.39 is 28.5 Å². The number of amidine groups is 1. The van der Waals surface area contributed by atoms with Crippen LogP contribution in [-0.2, 0) is 9.59 Å². The van der Waals surface area contributed by atoms with Crippen LogP contribution in [0.1, 0.15) is 12.0 Å². The summed E-state index contributed by atoms with van der Waals surface area (Å²) in [5.74, 6) is -2.41. The van der Waals surface area contributed by atoms with Crippen LogP contribution in [0.25, 0.3) is 0 Å². The first-order valence-electron chi connectivity index (χ1n) is 7.79. The summed E-state index contributed by atoms with van der Waals surface area (Å²) in [7, 11) is 0. The van der Waals surface area contributed by atoms with Crippen molar-refractivity contribution in [2.24, 2.45) is 4.99 Å². The molecule has 0 aromatic heterocycles. The van der Waals surface area contributed by atoms with Gasteiger partial charge < -0.3 is 10.6 Å². The van der Waals surface area contributed by atoms with Gasteiger partial charge in [0.05, 0.1) is 0 Å². The average Bonchev–Trinajstić information content (AvgIpc) is 2.93. The lowest BCUT2D eigenvalue weighted by Crippen LogP contribution is -2.28. The number of hydrogen-bond acceptors (Lipinski definition) is 4. The Balaban J connectivity index is 1.65. The summed E-state index contributed by atoms with van der Waals surface area (Å²) in [6.45, 7) is 1.93. The van der Waals surface area contributed by atoms with Crippen molar-refractivity contribution >= 4 is 40.1 Å². The van der Waals surface area contributed by atoms with E-state index in [9.17, 15) is 18.4 Å². The molecule has 2 aromatic rings. The van der Waals surface area contributed by atoms with Gasteiger partial charge in [-0.15, -0.1) is 0 Å². The standard InChI is InChI=1S/C18H15F2N3O2S/c1-10-5-7-11(8-6-10)21-15(24)9-14-17(25)23-18(26-14)22-16-12(19)3-2-4-13(16)20/h2-8,14H,9H2,1H3,(H,21,24)(H,22,23,25). The second kappa shape index (κ2) is 7.65. The number of aliphatic imine (C=N–C) groups is 1. The number of carbonyl (C=O) groups is 2. The number of carbonyl (C=O) groups excluding carboxylic acids is 2. The van der Waals surface area contributed by atoms with Gasteiger partial charge in [0.2, 0.25) is 11.8 Å². The Labute approximate surface area is 152 Å². The lowest BCUT2D eigenvalue weighted by molar-refractivity contribution is -0.122. The van der Waals surface area contributed by atoms with E-state index in [-0.39, 0.29) is 17.5 Å². The molecule has 1 unspecified atom stereocenters. The highest BCUT2D eigenvalue weighted by atomic mass is 32.2. The maximum atomic E-state index is 13.6. The van der Waals surface area contributed by atoms with Gasteiger partial charge in [-0.05, 0) is 31.2 Å². The molecule has 26 heavy (non-hydrogen) atoms. The Kier molecular flexibility index (Phi) is 5.32. The van der Waals surface area contributed by atoms with E-state index in [1.807, 2.05) is 19.1 Å². The molecule has 1 fully saturated rings. The van der Waals surface area contributed by atoms with Gasteiger partial charge in [-0.3, -0.25) is 9.59 Å². The number of benzene rings is 2. The molecule has 5 nitrogen and oxygen atoms in total. The Hall–Kier alpha value is -2.74. The monoisotopic (exact) mass is 375 g/mol. The van der Waals surface area contributed by atoms with Crippen LogP contribution in [0.2, 0.25) is 0 Å². The summed E-state index contributed by atoms with van der Waals surface area (Å²) in [5.41, 5.74) is 1.22. The second-order valence-corrected chi connectivity index (χ2v) is 6.89. The summed E-state index contributed by atoms with van der Waals surface area (Å²) in [5, 5.41) is 4.50. The van der Waals surface area contributed by atoms with E-state index in [1.54, 1.807) is 12.1 Å². The molecule has 1 aliphatic rings. The van der Waals surface area contributed by atoms with E-state index >= 15 is 0 Å². The third kappa shape index (κ3) is 4.26. The number of anilines is 1. The third-order valence-electron chi connectivity index (χ3n) is 3.63. The van der Waals surface area contributed by atoms with Crippen LogP contribution >= 0.6 is 11.8 Å². The largest absolute Gasteiger partial charge is 0.326 e.